The minimum absolute atomic E-state index is 0.319. The highest BCUT2D eigenvalue weighted by atomic mass is 28.4. The van der Waals surface area contributed by atoms with E-state index in [1.807, 2.05) is 18.2 Å². The Hall–Kier alpha value is -1.39. The zero-order valence-corrected chi connectivity index (χ0v) is 12.9. The molecule has 4 heteroatoms. The Bertz CT molecular complexity index is 430. The lowest BCUT2D eigenvalue weighted by Crippen LogP contribution is -2.46. The zero-order valence-electron chi connectivity index (χ0n) is 11.9. The first-order valence-corrected chi connectivity index (χ1v) is 9.04. The van der Waals surface area contributed by atoms with Gasteiger partial charge in [0.25, 0.3) is 0 Å². The number of rotatable bonds is 7. The average molecular weight is 278 g/mol. The normalized spacial score (nSPS) is 13.6. The molecule has 0 aliphatic rings. The summed E-state index contributed by atoms with van der Waals surface area (Å²) in [7, 11) is -0.149. The molecule has 0 N–H and O–H groups in total. The van der Waals surface area contributed by atoms with Crippen molar-refractivity contribution >= 4 is 19.5 Å². The summed E-state index contributed by atoms with van der Waals surface area (Å²) in [6, 6.07) is 11.2. The Morgan fingerprint density at radius 1 is 1.32 bits per heavy atom. The number of hydrogen-bond donors (Lipinski definition) is 0. The molecular formula is C15H22O3Si. The number of benzene rings is 1. The van der Waals surface area contributed by atoms with Crippen LogP contribution in [0.2, 0.25) is 12.6 Å². The Balaban J connectivity index is 2.49. The molecule has 0 spiro atoms. The molecule has 0 saturated heterocycles. The monoisotopic (exact) mass is 278 g/mol. The maximum atomic E-state index is 11.3. The van der Waals surface area contributed by atoms with E-state index in [4.69, 9.17) is 9.16 Å². The second-order valence-corrected chi connectivity index (χ2v) is 8.77. The van der Waals surface area contributed by atoms with E-state index in [0.717, 1.165) is 12.5 Å². The topological polar surface area (TPSA) is 35.5 Å². The molecule has 0 aromatic heterocycles. The van der Waals surface area contributed by atoms with E-state index >= 15 is 0 Å². The second kappa shape index (κ2) is 7.26. The lowest BCUT2D eigenvalue weighted by molar-refractivity contribution is -0.138. The maximum absolute atomic E-state index is 11.3. The van der Waals surface area contributed by atoms with Crippen LogP contribution in [0.25, 0.3) is 0 Å². The van der Waals surface area contributed by atoms with Crippen LogP contribution in [-0.2, 0) is 14.0 Å². The van der Waals surface area contributed by atoms with Crippen LogP contribution in [0.1, 0.15) is 13.3 Å². The molecule has 0 fully saturated rings. The highest BCUT2D eigenvalue weighted by Crippen LogP contribution is 2.14. The fraction of sp³-hybridized carbons (Fsp3) is 0.400. The van der Waals surface area contributed by atoms with Crippen LogP contribution in [0.4, 0.5) is 0 Å². The highest BCUT2D eigenvalue weighted by Gasteiger charge is 2.29. The summed E-state index contributed by atoms with van der Waals surface area (Å²) >= 11 is 0. The van der Waals surface area contributed by atoms with Crippen LogP contribution in [0, 0.1) is 0 Å². The molecule has 0 radical (unpaired) electrons. The number of hydrogen-bond acceptors (Lipinski definition) is 3. The SMILES string of the molecule is C=C(C)C(=O)OCCC[Si](C)(OC)c1ccccc1. The fourth-order valence-electron chi connectivity index (χ4n) is 1.85. The molecule has 0 heterocycles. The van der Waals surface area contributed by atoms with Crippen LogP contribution in [0.15, 0.2) is 42.5 Å². The third-order valence-corrected chi connectivity index (χ3v) is 6.98. The van der Waals surface area contributed by atoms with E-state index in [9.17, 15) is 4.79 Å². The van der Waals surface area contributed by atoms with Crippen LogP contribution >= 0.6 is 0 Å². The maximum Gasteiger partial charge on any atom is 0.333 e. The van der Waals surface area contributed by atoms with Gasteiger partial charge in [-0.05, 0) is 31.1 Å². The predicted molar refractivity (Wildman–Crippen MR) is 79.9 cm³/mol. The Morgan fingerprint density at radius 3 is 2.47 bits per heavy atom. The first-order chi connectivity index (χ1) is 8.99. The number of carbonyl (C=O) groups excluding carboxylic acids is 1. The van der Waals surface area contributed by atoms with Gasteiger partial charge in [-0.25, -0.2) is 4.79 Å². The standard InChI is InChI=1S/C15H22O3Si/c1-13(2)15(16)18-11-8-12-19(4,17-3)14-9-6-5-7-10-14/h5-7,9-10H,1,8,11-12H2,2-4H3. The van der Waals surface area contributed by atoms with Gasteiger partial charge >= 0.3 is 5.97 Å². The Labute approximate surface area is 116 Å². The summed E-state index contributed by atoms with van der Waals surface area (Å²) in [5.74, 6) is -0.319. The highest BCUT2D eigenvalue weighted by molar-refractivity contribution is 6.85. The van der Waals surface area contributed by atoms with Crippen molar-refractivity contribution in [1.29, 1.82) is 0 Å². The third kappa shape index (κ3) is 4.65. The van der Waals surface area contributed by atoms with Crippen LogP contribution in [0.5, 0.6) is 0 Å². The van der Waals surface area contributed by atoms with E-state index < -0.39 is 8.32 Å². The smallest absolute Gasteiger partial charge is 0.333 e. The minimum Gasteiger partial charge on any atom is -0.462 e. The fourth-order valence-corrected chi connectivity index (χ4v) is 4.30. The predicted octanol–water partition coefficient (Wildman–Crippen LogP) is 2.62. The summed E-state index contributed by atoms with van der Waals surface area (Å²) in [6.07, 6.45) is 0.810. The van der Waals surface area contributed by atoms with Gasteiger partial charge in [-0.1, -0.05) is 36.9 Å². The molecule has 1 unspecified atom stereocenters. The van der Waals surface area contributed by atoms with Crippen LogP contribution < -0.4 is 5.19 Å². The van der Waals surface area contributed by atoms with Gasteiger partial charge in [0.15, 0.2) is 0 Å². The van der Waals surface area contributed by atoms with Gasteiger partial charge in [0.2, 0.25) is 8.32 Å². The summed E-state index contributed by atoms with van der Waals surface area (Å²) in [5.41, 5.74) is 0.440. The molecule has 0 saturated carbocycles. The molecular weight excluding hydrogens is 256 g/mol. The summed E-state index contributed by atoms with van der Waals surface area (Å²) in [4.78, 5) is 11.3. The third-order valence-electron chi connectivity index (χ3n) is 3.21. The van der Waals surface area contributed by atoms with Crippen molar-refractivity contribution in [3.8, 4) is 0 Å². The molecule has 1 atom stereocenters. The van der Waals surface area contributed by atoms with E-state index in [1.165, 1.54) is 5.19 Å². The zero-order chi connectivity index (χ0) is 14.3. The van der Waals surface area contributed by atoms with Crippen LogP contribution in [-0.4, -0.2) is 28.0 Å². The van der Waals surface area contributed by atoms with Gasteiger partial charge in [0.1, 0.15) is 0 Å². The number of esters is 1. The quantitative estimate of drug-likeness (QED) is 0.333. The molecule has 0 aliphatic carbocycles. The van der Waals surface area contributed by atoms with Gasteiger partial charge in [-0.3, -0.25) is 0 Å². The first kappa shape index (κ1) is 15.7. The summed E-state index contributed by atoms with van der Waals surface area (Å²) < 4.78 is 10.9. The van der Waals surface area contributed by atoms with Gasteiger partial charge in [0.05, 0.1) is 6.61 Å². The van der Waals surface area contributed by atoms with E-state index in [-0.39, 0.29) is 5.97 Å². The molecule has 0 bridgehead atoms. The Kier molecular flexibility index (Phi) is 5.98. The molecule has 1 aromatic rings. The van der Waals surface area contributed by atoms with Crippen molar-refractivity contribution in [3.05, 3.63) is 42.5 Å². The van der Waals surface area contributed by atoms with Gasteiger partial charge in [-0.15, -0.1) is 0 Å². The molecule has 0 aliphatic heterocycles. The van der Waals surface area contributed by atoms with E-state index in [0.29, 0.717) is 12.2 Å². The summed E-state index contributed by atoms with van der Waals surface area (Å²) in [6.45, 7) is 7.81. The number of carbonyl (C=O) groups is 1. The van der Waals surface area contributed by atoms with Crippen molar-refractivity contribution in [2.75, 3.05) is 13.7 Å². The molecule has 1 aromatic carbocycles. The average Bonchev–Trinajstić information content (AvgIpc) is 2.43. The first-order valence-electron chi connectivity index (χ1n) is 6.43. The van der Waals surface area contributed by atoms with Crippen LogP contribution in [0.3, 0.4) is 0 Å². The van der Waals surface area contributed by atoms with Gasteiger partial charge in [0, 0.05) is 12.7 Å². The van der Waals surface area contributed by atoms with Crippen molar-refractivity contribution in [2.45, 2.75) is 25.9 Å². The summed E-state index contributed by atoms with van der Waals surface area (Å²) in [5, 5.41) is 1.27. The van der Waals surface area contributed by atoms with Crippen molar-refractivity contribution in [2.24, 2.45) is 0 Å². The molecule has 1 rings (SSSR count). The second-order valence-electron chi connectivity index (χ2n) is 4.82. The van der Waals surface area contributed by atoms with E-state index in [1.54, 1.807) is 14.0 Å². The largest absolute Gasteiger partial charge is 0.462 e. The minimum atomic E-state index is -1.91. The van der Waals surface area contributed by atoms with Crippen molar-refractivity contribution < 1.29 is 14.0 Å². The Morgan fingerprint density at radius 2 is 1.95 bits per heavy atom. The van der Waals surface area contributed by atoms with E-state index in [2.05, 4.69) is 25.3 Å². The molecule has 19 heavy (non-hydrogen) atoms. The van der Waals surface area contributed by atoms with Crippen molar-refractivity contribution in [3.63, 3.8) is 0 Å². The molecule has 0 amide bonds. The lowest BCUT2D eigenvalue weighted by Gasteiger charge is -2.25. The number of ether oxygens (including phenoxy) is 1. The van der Waals surface area contributed by atoms with Gasteiger partial charge in [-0.2, -0.15) is 0 Å². The van der Waals surface area contributed by atoms with Gasteiger partial charge < -0.3 is 9.16 Å². The molecule has 3 nitrogen and oxygen atoms in total. The van der Waals surface area contributed by atoms with Crippen molar-refractivity contribution in [1.82, 2.24) is 0 Å². The lowest BCUT2D eigenvalue weighted by atomic mass is 10.4. The molecule has 104 valence electrons.